The summed E-state index contributed by atoms with van der Waals surface area (Å²) in [5, 5.41) is 19.0. The summed E-state index contributed by atoms with van der Waals surface area (Å²) >= 11 is 0. The molecule has 0 saturated carbocycles. The van der Waals surface area contributed by atoms with Gasteiger partial charge < -0.3 is 5.32 Å². The molecule has 8 heteroatoms. The molecule has 8 nitrogen and oxygen atoms in total. The Bertz CT molecular complexity index is 1100. The summed E-state index contributed by atoms with van der Waals surface area (Å²) in [6, 6.07) is 13.0. The van der Waals surface area contributed by atoms with Gasteiger partial charge in [0.15, 0.2) is 5.69 Å². The number of benzene rings is 2. The molecule has 1 aromatic heterocycles. The molecular formula is C20H20N4O4. The van der Waals surface area contributed by atoms with Crippen LogP contribution in [0.25, 0.3) is 10.8 Å². The van der Waals surface area contributed by atoms with Crippen LogP contribution in [-0.4, -0.2) is 20.6 Å². The fourth-order valence-corrected chi connectivity index (χ4v) is 2.97. The summed E-state index contributed by atoms with van der Waals surface area (Å²) in [6.45, 7) is 4.28. The molecule has 2 aromatic carbocycles. The van der Waals surface area contributed by atoms with Crippen molar-refractivity contribution in [1.29, 1.82) is 0 Å². The Kier molecular flexibility index (Phi) is 5.49. The highest BCUT2D eigenvalue weighted by atomic mass is 16.6. The zero-order valence-corrected chi connectivity index (χ0v) is 15.6. The molecular weight excluding hydrogens is 360 g/mol. The number of carbonyl (C=O) groups excluding carboxylic acids is 1. The number of hydrogen-bond donors (Lipinski definition) is 1. The van der Waals surface area contributed by atoms with Crippen LogP contribution in [0.1, 0.15) is 29.9 Å². The predicted octanol–water partition coefficient (Wildman–Crippen LogP) is 2.89. The Labute approximate surface area is 161 Å². The maximum atomic E-state index is 12.8. The molecule has 144 valence electrons. The lowest BCUT2D eigenvalue weighted by atomic mass is 10.1. The third-order valence-corrected chi connectivity index (χ3v) is 4.25. The molecule has 3 aromatic rings. The van der Waals surface area contributed by atoms with Crippen LogP contribution in [0, 0.1) is 16.0 Å². The summed E-state index contributed by atoms with van der Waals surface area (Å²) in [5.41, 5.74) is 0.194. The lowest BCUT2D eigenvalue weighted by molar-refractivity contribution is -0.385. The van der Waals surface area contributed by atoms with E-state index in [0.29, 0.717) is 22.9 Å². The van der Waals surface area contributed by atoms with Gasteiger partial charge in [-0.1, -0.05) is 50.2 Å². The first-order valence-electron chi connectivity index (χ1n) is 8.89. The van der Waals surface area contributed by atoms with Crippen molar-refractivity contribution in [2.24, 2.45) is 5.92 Å². The van der Waals surface area contributed by atoms with E-state index in [1.54, 1.807) is 42.5 Å². The van der Waals surface area contributed by atoms with Gasteiger partial charge in [0.1, 0.15) is 0 Å². The Morgan fingerprint density at radius 3 is 2.46 bits per heavy atom. The quantitative estimate of drug-likeness (QED) is 0.523. The molecule has 0 atom stereocenters. The minimum absolute atomic E-state index is 0.0186. The Morgan fingerprint density at radius 2 is 1.79 bits per heavy atom. The molecule has 0 bridgehead atoms. The van der Waals surface area contributed by atoms with E-state index in [4.69, 9.17) is 0 Å². The molecule has 0 fully saturated rings. The van der Waals surface area contributed by atoms with Gasteiger partial charge in [-0.25, -0.2) is 4.68 Å². The maximum absolute atomic E-state index is 12.8. The Morgan fingerprint density at radius 1 is 1.14 bits per heavy atom. The molecule has 3 rings (SSSR count). The molecule has 0 radical (unpaired) electrons. The monoisotopic (exact) mass is 380 g/mol. The molecule has 0 aliphatic heterocycles. The number of nitrogens with one attached hydrogen (secondary N) is 1. The largest absolute Gasteiger partial charge is 0.346 e. The number of hydrogen-bond acceptors (Lipinski definition) is 5. The van der Waals surface area contributed by atoms with Gasteiger partial charge in [-0.15, -0.1) is 0 Å². The molecule has 0 unspecified atom stereocenters. The van der Waals surface area contributed by atoms with Gasteiger partial charge >= 0.3 is 0 Å². The number of aromatic nitrogens is 2. The first-order chi connectivity index (χ1) is 13.4. The number of amides is 1. The minimum atomic E-state index is -0.494. The van der Waals surface area contributed by atoms with Crippen LogP contribution in [-0.2, 0) is 13.1 Å². The number of rotatable bonds is 6. The summed E-state index contributed by atoms with van der Waals surface area (Å²) in [5.74, 6) is -0.318. The van der Waals surface area contributed by atoms with Gasteiger partial charge in [0.25, 0.3) is 17.2 Å². The second-order valence-corrected chi connectivity index (χ2v) is 6.84. The normalized spacial score (nSPS) is 11.0. The van der Waals surface area contributed by atoms with Crippen LogP contribution in [0.2, 0.25) is 0 Å². The fraction of sp³-hybridized carbons (Fsp3) is 0.250. The molecule has 0 spiro atoms. The molecule has 28 heavy (non-hydrogen) atoms. The van der Waals surface area contributed by atoms with Crippen LogP contribution in [0.3, 0.4) is 0 Å². The van der Waals surface area contributed by atoms with Crippen LogP contribution < -0.4 is 10.9 Å². The SMILES string of the molecule is CC(C)Cn1nc(C(=O)NCc2ccccc2[N+](=O)[O-])c2ccccc2c1=O. The molecule has 1 heterocycles. The van der Waals surface area contributed by atoms with E-state index in [2.05, 4.69) is 10.4 Å². The number of nitrogens with zero attached hydrogens (tertiary/aromatic N) is 3. The molecule has 0 saturated heterocycles. The first-order valence-corrected chi connectivity index (χ1v) is 8.89. The zero-order valence-electron chi connectivity index (χ0n) is 15.6. The van der Waals surface area contributed by atoms with E-state index in [9.17, 15) is 19.7 Å². The van der Waals surface area contributed by atoms with E-state index in [0.717, 1.165) is 0 Å². The van der Waals surface area contributed by atoms with E-state index in [-0.39, 0.29) is 29.4 Å². The molecule has 0 aliphatic rings. The summed E-state index contributed by atoms with van der Waals surface area (Å²) in [6.07, 6.45) is 0. The smallest absolute Gasteiger partial charge is 0.274 e. The number of para-hydroxylation sites is 1. The summed E-state index contributed by atoms with van der Waals surface area (Å²) in [7, 11) is 0. The van der Waals surface area contributed by atoms with Gasteiger partial charge in [-0.05, 0) is 12.0 Å². The second-order valence-electron chi connectivity index (χ2n) is 6.84. The van der Waals surface area contributed by atoms with Crippen molar-refractivity contribution in [2.75, 3.05) is 0 Å². The van der Waals surface area contributed by atoms with Gasteiger partial charge in [-0.2, -0.15) is 5.10 Å². The lowest BCUT2D eigenvalue weighted by Gasteiger charge is -2.12. The van der Waals surface area contributed by atoms with Crippen molar-refractivity contribution in [2.45, 2.75) is 26.9 Å². The van der Waals surface area contributed by atoms with Gasteiger partial charge in [0.05, 0.1) is 10.3 Å². The average molecular weight is 380 g/mol. The fourth-order valence-electron chi connectivity index (χ4n) is 2.97. The van der Waals surface area contributed by atoms with Crippen LogP contribution in [0.4, 0.5) is 5.69 Å². The maximum Gasteiger partial charge on any atom is 0.274 e. The van der Waals surface area contributed by atoms with E-state index >= 15 is 0 Å². The first kappa shape index (κ1) is 19.2. The van der Waals surface area contributed by atoms with Crippen molar-refractivity contribution in [3.05, 3.63) is 80.3 Å². The van der Waals surface area contributed by atoms with Gasteiger partial charge in [0, 0.05) is 30.1 Å². The van der Waals surface area contributed by atoms with Crippen molar-refractivity contribution in [3.63, 3.8) is 0 Å². The number of carbonyl (C=O) groups is 1. The van der Waals surface area contributed by atoms with Crippen molar-refractivity contribution in [3.8, 4) is 0 Å². The van der Waals surface area contributed by atoms with E-state index in [1.165, 1.54) is 10.7 Å². The third-order valence-electron chi connectivity index (χ3n) is 4.25. The van der Waals surface area contributed by atoms with Gasteiger partial charge in [0.2, 0.25) is 0 Å². The average Bonchev–Trinajstić information content (AvgIpc) is 2.68. The molecule has 0 aliphatic carbocycles. The summed E-state index contributed by atoms with van der Waals surface area (Å²) < 4.78 is 1.30. The molecule has 1 amide bonds. The standard InChI is InChI=1S/C20H20N4O4/c1-13(2)12-23-20(26)16-9-5-4-8-15(16)18(22-23)19(25)21-11-14-7-3-6-10-17(14)24(27)28/h3-10,13H,11-12H2,1-2H3,(H,21,25). The lowest BCUT2D eigenvalue weighted by Crippen LogP contribution is -2.31. The topological polar surface area (TPSA) is 107 Å². The van der Waals surface area contributed by atoms with Crippen LogP contribution in [0.15, 0.2) is 53.3 Å². The van der Waals surface area contributed by atoms with E-state index in [1.807, 2.05) is 13.8 Å². The highest BCUT2D eigenvalue weighted by Gasteiger charge is 2.18. The van der Waals surface area contributed by atoms with Crippen LogP contribution in [0.5, 0.6) is 0 Å². The predicted molar refractivity (Wildman–Crippen MR) is 105 cm³/mol. The third kappa shape index (κ3) is 3.90. The highest BCUT2D eigenvalue weighted by Crippen LogP contribution is 2.18. The van der Waals surface area contributed by atoms with Crippen molar-refractivity contribution < 1.29 is 9.72 Å². The zero-order chi connectivity index (χ0) is 20.3. The van der Waals surface area contributed by atoms with Crippen molar-refractivity contribution in [1.82, 2.24) is 15.1 Å². The number of nitro groups is 1. The van der Waals surface area contributed by atoms with E-state index < -0.39 is 10.8 Å². The molecule has 1 N–H and O–H groups in total. The van der Waals surface area contributed by atoms with Crippen LogP contribution >= 0.6 is 0 Å². The second kappa shape index (κ2) is 7.99. The number of nitro benzene ring substituents is 1. The van der Waals surface area contributed by atoms with Crippen molar-refractivity contribution >= 4 is 22.4 Å². The Balaban J connectivity index is 1.97. The Hall–Kier alpha value is -3.55. The van der Waals surface area contributed by atoms with Gasteiger partial charge in [-0.3, -0.25) is 19.7 Å². The number of fused-ring (bicyclic) bond motifs is 1. The summed E-state index contributed by atoms with van der Waals surface area (Å²) in [4.78, 5) is 36.1. The highest BCUT2D eigenvalue weighted by molar-refractivity contribution is 6.04. The minimum Gasteiger partial charge on any atom is -0.346 e.